The smallest absolute Gasteiger partial charge is 0.230 e. The SMILES string of the molecule is CC(C)(C)c1cnc(/C=C/c2cnc(NC(=O)Cc3ccc[n+]([O-])c3)s2)o1. The quantitative estimate of drug-likeness (QED) is 0.537. The van der Waals surface area contributed by atoms with Gasteiger partial charge >= 0.3 is 0 Å². The molecule has 1 N–H and O–H groups in total. The van der Waals surface area contributed by atoms with Crippen LogP contribution >= 0.6 is 11.3 Å². The zero-order valence-corrected chi connectivity index (χ0v) is 16.1. The number of hydrogen-bond acceptors (Lipinski definition) is 6. The minimum atomic E-state index is -0.228. The molecule has 3 rings (SSSR count). The standard InChI is InChI=1S/C19H20N4O3S/c1-19(2,3)15-11-20-17(26-15)7-6-14-10-21-18(27-14)22-16(24)9-13-5-4-8-23(25)12-13/h4-8,10-12H,9H2,1-3H3,(H,21,22,24)/b7-6+. The van der Waals surface area contributed by atoms with E-state index >= 15 is 0 Å². The number of carbonyl (C=O) groups is 1. The molecule has 0 unspecified atom stereocenters. The van der Waals surface area contributed by atoms with Crippen LogP contribution in [-0.4, -0.2) is 15.9 Å². The van der Waals surface area contributed by atoms with E-state index in [2.05, 4.69) is 36.1 Å². The Hall–Kier alpha value is -3.00. The fourth-order valence-corrected chi connectivity index (χ4v) is 2.98. The highest BCUT2D eigenvalue weighted by Gasteiger charge is 2.18. The number of nitrogens with zero attached hydrogens (tertiary/aromatic N) is 3. The zero-order chi connectivity index (χ0) is 19.4. The van der Waals surface area contributed by atoms with Gasteiger partial charge in [0.15, 0.2) is 17.5 Å². The summed E-state index contributed by atoms with van der Waals surface area (Å²) in [6, 6.07) is 3.34. The van der Waals surface area contributed by atoms with Crippen LogP contribution in [0, 0.1) is 5.21 Å². The van der Waals surface area contributed by atoms with Crippen molar-refractivity contribution in [2.45, 2.75) is 32.6 Å². The summed E-state index contributed by atoms with van der Waals surface area (Å²) in [5.74, 6) is 1.11. The van der Waals surface area contributed by atoms with Gasteiger partial charge in [-0.05, 0) is 12.1 Å². The van der Waals surface area contributed by atoms with E-state index in [0.29, 0.717) is 21.3 Å². The number of oxazole rings is 1. The molecule has 140 valence electrons. The van der Waals surface area contributed by atoms with E-state index in [1.807, 2.05) is 6.08 Å². The molecule has 1 amide bonds. The van der Waals surface area contributed by atoms with Crippen molar-refractivity contribution >= 4 is 34.5 Å². The number of anilines is 1. The summed E-state index contributed by atoms with van der Waals surface area (Å²) in [5, 5.41) is 14.5. The van der Waals surface area contributed by atoms with Crippen LogP contribution in [0.25, 0.3) is 12.2 Å². The first kappa shape index (κ1) is 18.8. The minimum Gasteiger partial charge on any atom is -0.619 e. The van der Waals surface area contributed by atoms with Gasteiger partial charge in [-0.3, -0.25) is 4.79 Å². The second-order valence-corrected chi connectivity index (χ2v) is 8.07. The lowest BCUT2D eigenvalue weighted by Crippen LogP contribution is -2.26. The van der Waals surface area contributed by atoms with Crippen molar-refractivity contribution in [3.05, 3.63) is 64.2 Å². The van der Waals surface area contributed by atoms with Crippen LogP contribution in [0.5, 0.6) is 0 Å². The Balaban J connectivity index is 1.59. The number of nitrogens with one attached hydrogen (secondary N) is 1. The maximum absolute atomic E-state index is 12.1. The number of carbonyl (C=O) groups excluding carboxylic acids is 1. The topological polar surface area (TPSA) is 95.0 Å². The van der Waals surface area contributed by atoms with Crippen LogP contribution in [0.15, 0.2) is 41.3 Å². The molecule has 0 radical (unpaired) electrons. The Bertz CT molecular complexity index is 969. The van der Waals surface area contributed by atoms with Crippen molar-refractivity contribution in [2.75, 3.05) is 5.32 Å². The van der Waals surface area contributed by atoms with Gasteiger partial charge in [0.2, 0.25) is 11.8 Å². The van der Waals surface area contributed by atoms with Gasteiger partial charge < -0.3 is 14.9 Å². The number of thiazole rings is 1. The van der Waals surface area contributed by atoms with Gasteiger partial charge in [-0.25, -0.2) is 9.97 Å². The van der Waals surface area contributed by atoms with Gasteiger partial charge in [0.25, 0.3) is 0 Å². The third-order valence-corrected chi connectivity index (χ3v) is 4.50. The molecule has 0 aromatic carbocycles. The fourth-order valence-electron chi connectivity index (χ4n) is 2.24. The van der Waals surface area contributed by atoms with Gasteiger partial charge in [0, 0.05) is 34.2 Å². The van der Waals surface area contributed by atoms with Crippen LogP contribution in [0.2, 0.25) is 0 Å². The highest BCUT2D eigenvalue weighted by atomic mass is 32.1. The molecule has 0 saturated heterocycles. The first-order valence-electron chi connectivity index (χ1n) is 8.37. The molecule has 3 aromatic rings. The van der Waals surface area contributed by atoms with Crippen molar-refractivity contribution in [1.82, 2.24) is 9.97 Å². The number of hydrogen-bond donors (Lipinski definition) is 1. The lowest BCUT2D eigenvalue weighted by molar-refractivity contribution is -0.605. The van der Waals surface area contributed by atoms with Crippen molar-refractivity contribution in [2.24, 2.45) is 0 Å². The summed E-state index contributed by atoms with van der Waals surface area (Å²) in [6.07, 6.45) is 9.86. The molecule has 0 aliphatic heterocycles. The Kier molecular flexibility index (Phi) is 5.36. The average Bonchev–Trinajstić information content (AvgIpc) is 3.21. The summed E-state index contributed by atoms with van der Waals surface area (Å²) in [6.45, 7) is 6.18. The van der Waals surface area contributed by atoms with E-state index in [4.69, 9.17) is 4.42 Å². The molecular weight excluding hydrogens is 364 g/mol. The third kappa shape index (κ3) is 5.24. The number of pyridine rings is 1. The summed E-state index contributed by atoms with van der Waals surface area (Å²) < 4.78 is 6.38. The summed E-state index contributed by atoms with van der Waals surface area (Å²) >= 11 is 1.34. The van der Waals surface area contributed by atoms with Gasteiger partial charge in [0.05, 0.1) is 12.6 Å². The summed E-state index contributed by atoms with van der Waals surface area (Å²) in [4.78, 5) is 21.4. The molecule has 7 nitrogen and oxygen atoms in total. The fraction of sp³-hybridized carbons (Fsp3) is 0.263. The van der Waals surface area contributed by atoms with E-state index in [9.17, 15) is 10.0 Å². The Labute approximate surface area is 161 Å². The molecule has 0 bridgehead atoms. The van der Waals surface area contributed by atoms with Crippen LogP contribution in [-0.2, 0) is 16.6 Å². The summed E-state index contributed by atoms with van der Waals surface area (Å²) in [7, 11) is 0. The second-order valence-electron chi connectivity index (χ2n) is 7.01. The van der Waals surface area contributed by atoms with Crippen LogP contribution < -0.4 is 10.0 Å². The van der Waals surface area contributed by atoms with Gasteiger partial charge in [0.1, 0.15) is 5.76 Å². The molecule has 8 heteroatoms. The maximum atomic E-state index is 12.1. The molecule has 0 aliphatic carbocycles. The number of aromatic nitrogens is 3. The molecule has 0 aliphatic rings. The molecule has 0 saturated carbocycles. The van der Waals surface area contributed by atoms with Crippen LogP contribution in [0.3, 0.4) is 0 Å². The van der Waals surface area contributed by atoms with Crippen molar-refractivity contribution in [1.29, 1.82) is 0 Å². The second kappa shape index (κ2) is 7.71. The van der Waals surface area contributed by atoms with Gasteiger partial charge in [-0.15, -0.1) is 0 Å². The summed E-state index contributed by atoms with van der Waals surface area (Å²) in [5.41, 5.74) is 0.547. The normalized spacial score (nSPS) is 11.8. The first-order chi connectivity index (χ1) is 12.8. The lowest BCUT2D eigenvalue weighted by atomic mass is 9.94. The third-order valence-electron chi connectivity index (χ3n) is 3.62. The molecule has 0 atom stereocenters. The number of amides is 1. The minimum absolute atomic E-state index is 0.0921. The van der Waals surface area contributed by atoms with E-state index in [-0.39, 0.29) is 17.7 Å². The molecule has 27 heavy (non-hydrogen) atoms. The van der Waals surface area contributed by atoms with Crippen LogP contribution in [0.4, 0.5) is 5.13 Å². The maximum Gasteiger partial charge on any atom is 0.230 e. The average molecular weight is 384 g/mol. The predicted octanol–water partition coefficient (Wildman–Crippen LogP) is 3.41. The Morgan fingerprint density at radius 2 is 2.15 bits per heavy atom. The Morgan fingerprint density at radius 3 is 2.85 bits per heavy atom. The molecule has 0 spiro atoms. The van der Waals surface area contributed by atoms with E-state index < -0.39 is 0 Å². The zero-order valence-electron chi connectivity index (χ0n) is 15.3. The molecule has 3 heterocycles. The van der Waals surface area contributed by atoms with Crippen molar-refractivity contribution in [3.63, 3.8) is 0 Å². The van der Waals surface area contributed by atoms with Gasteiger partial charge in [-0.1, -0.05) is 32.1 Å². The number of rotatable bonds is 5. The largest absolute Gasteiger partial charge is 0.619 e. The highest BCUT2D eigenvalue weighted by molar-refractivity contribution is 7.16. The first-order valence-corrected chi connectivity index (χ1v) is 9.19. The van der Waals surface area contributed by atoms with Crippen LogP contribution in [0.1, 0.15) is 42.9 Å². The van der Waals surface area contributed by atoms with E-state index in [1.54, 1.807) is 30.6 Å². The monoisotopic (exact) mass is 384 g/mol. The lowest BCUT2D eigenvalue weighted by Gasteiger charge is -2.12. The van der Waals surface area contributed by atoms with E-state index in [0.717, 1.165) is 10.6 Å². The molecule has 3 aromatic heterocycles. The van der Waals surface area contributed by atoms with Crippen molar-refractivity contribution in [3.8, 4) is 0 Å². The van der Waals surface area contributed by atoms with E-state index in [1.165, 1.54) is 23.7 Å². The van der Waals surface area contributed by atoms with Gasteiger partial charge in [-0.2, -0.15) is 4.73 Å². The highest BCUT2D eigenvalue weighted by Crippen LogP contribution is 2.24. The Morgan fingerprint density at radius 1 is 1.33 bits per heavy atom. The molecule has 0 fully saturated rings. The van der Waals surface area contributed by atoms with Crippen molar-refractivity contribution < 1.29 is 13.9 Å². The predicted molar refractivity (Wildman–Crippen MR) is 104 cm³/mol. The molecular formula is C19H20N4O3S.